The molecule has 0 spiro atoms. The average molecular weight is 446 g/mol. The Morgan fingerprint density at radius 2 is 1.69 bits per heavy atom. The van der Waals surface area contributed by atoms with Crippen LogP contribution in [0.3, 0.4) is 0 Å². The number of fused-ring (bicyclic) bond motifs is 1. The minimum absolute atomic E-state index is 0.155. The Kier molecular flexibility index (Phi) is 6.70. The van der Waals surface area contributed by atoms with Crippen molar-refractivity contribution >= 4 is 11.8 Å². The van der Waals surface area contributed by atoms with Gasteiger partial charge in [0, 0.05) is 22.3 Å². The maximum atomic E-state index is 10.2. The molecule has 3 nitrogen and oxygen atoms in total. The van der Waals surface area contributed by atoms with Crippen molar-refractivity contribution in [2.75, 3.05) is 32.0 Å². The Balaban J connectivity index is 1.34. The first kappa shape index (κ1) is 21.4. The highest BCUT2D eigenvalue weighted by Gasteiger charge is 2.33. The third-order valence-corrected chi connectivity index (χ3v) is 7.80. The van der Waals surface area contributed by atoms with Crippen LogP contribution in [0, 0.1) is 0 Å². The number of likely N-dealkylation sites (tertiary alicyclic amines) is 1. The van der Waals surface area contributed by atoms with Crippen LogP contribution >= 0.6 is 11.8 Å². The lowest BCUT2D eigenvalue weighted by Crippen LogP contribution is -2.25. The molecule has 0 unspecified atom stereocenters. The highest BCUT2D eigenvalue weighted by molar-refractivity contribution is 7.99. The first-order valence-electron chi connectivity index (χ1n) is 11.7. The number of phenolic OH excluding ortho intramolecular Hbond substituents is 1. The second-order valence-electron chi connectivity index (χ2n) is 8.85. The average Bonchev–Trinajstić information content (AvgIpc) is 3.36. The SMILES string of the molecule is Oc1ccc2c(c1)[C@H](c1ccc(SCCCN3CCCC3)cc1)[C@H](c1ccccc1)CO2. The lowest BCUT2D eigenvalue weighted by Gasteiger charge is -2.34. The van der Waals surface area contributed by atoms with Crippen LogP contribution in [0.25, 0.3) is 0 Å². The van der Waals surface area contributed by atoms with Crippen molar-refractivity contribution in [3.8, 4) is 11.5 Å². The normalized spacial score (nSPS) is 20.6. The van der Waals surface area contributed by atoms with Gasteiger partial charge in [-0.25, -0.2) is 0 Å². The van der Waals surface area contributed by atoms with Crippen LogP contribution in [-0.2, 0) is 0 Å². The molecule has 3 aromatic carbocycles. The number of nitrogens with zero attached hydrogens (tertiary/aromatic N) is 1. The van der Waals surface area contributed by atoms with Crippen LogP contribution < -0.4 is 4.74 Å². The molecule has 0 aliphatic carbocycles. The molecule has 166 valence electrons. The van der Waals surface area contributed by atoms with E-state index in [4.69, 9.17) is 4.74 Å². The molecular weight excluding hydrogens is 414 g/mol. The molecule has 1 saturated heterocycles. The number of aromatic hydroxyl groups is 1. The predicted molar refractivity (Wildman–Crippen MR) is 132 cm³/mol. The largest absolute Gasteiger partial charge is 0.508 e. The summed E-state index contributed by atoms with van der Waals surface area (Å²) < 4.78 is 6.11. The van der Waals surface area contributed by atoms with E-state index in [2.05, 4.69) is 59.5 Å². The predicted octanol–water partition coefficient (Wildman–Crippen LogP) is 6.28. The molecule has 0 saturated carbocycles. The van der Waals surface area contributed by atoms with Crippen LogP contribution in [0.15, 0.2) is 77.7 Å². The van der Waals surface area contributed by atoms with E-state index in [-0.39, 0.29) is 17.6 Å². The van der Waals surface area contributed by atoms with E-state index in [0.29, 0.717) is 6.61 Å². The highest BCUT2D eigenvalue weighted by atomic mass is 32.2. The Hall–Kier alpha value is -2.43. The molecule has 0 aromatic heterocycles. The van der Waals surface area contributed by atoms with Crippen LogP contribution in [0.1, 0.15) is 47.8 Å². The summed E-state index contributed by atoms with van der Waals surface area (Å²) in [6, 6.07) is 25.1. The molecule has 2 aliphatic rings. The van der Waals surface area contributed by atoms with Gasteiger partial charge < -0.3 is 14.7 Å². The van der Waals surface area contributed by atoms with Crippen molar-refractivity contribution in [1.29, 1.82) is 0 Å². The van der Waals surface area contributed by atoms with Crippen molar-refractivity contribution in [2.45, 2.75) is 36.0 Å². The van der Waals surface area contributed by atoms with E-state index < -0.39 is 0 Å². The molecule has 2 aliphatic heterocycles. The van der Waals surface area contributed by atoms with Gasteiger partial charge in [0.15, 0.2) is 0 Å². The number of phenols is 1. The summed E-state index contributed by atoms with van der Waals surface area (Å²) >= 11 is 1.95. The number of rotatable bonds is 7. The van der Waals surface area contributed by atoms with Gasteiger partial charge in [-0.15, -0.1) is 11.8 Å². The molecular formula is C28H31NO2S. The summed E-state index contributed by atoms with van der Waals surface area (Å²) in [5.41, 5.74) is 3.61. The lowest BCUT2D eigenvalue weighted by atomic mass is 9.76. The monoisotopic (exact) mass is 445 g/mol. The van der Waals surface area contributed by atoms with Gasteiger partial charge in [0.05, 0.1) is 6.61 Å². The lowest BCUT2D eigenvalue weighted by molar-refractivity contribution is 0.248. The van der Waals surface area contributed by atoms with E-state index in [1.165, 1.54) is 54.9 Å². The summed E-state index contributed by atoms with van der Waals surface area (Å²) in [6.07, 6.45) is 3.98. The van der Waals surface area contributed by atoms with Gasteiger partial charge in [-0.05, 0) is 86.1 Å². The highest BCUT2D eigenvalue weighted by Crippen LogP contribution is 2.47. The minimum atomic E-state index is 0.155. The smallest absolute Gasteiger partial charge is 0.123 e. The minimum Gasteiger partial charge on any atom is -0.508 e. The standard InChI is InChI=1S/C28H31NO2S/c30-23-11-14-27-25(19-23)28(26(20-31-27)21-7-2-1-3-8-21)22-9-12-24(13-10-22)32-18-6-17-29-15-4-5-16-29/h1-3,7-14,19,26,28,30H,4-6,15-18,20H2/t26-,28-/m0/s1. The Morgan fingerprint density at radius 3 is 2.47 bits per heavy atom. The molecule has 4 heteroatoms. The van der Waals surface area contributed by atoms with Gasteiger partial charge in [0.1, 0.15) is 11.5 Å². The molecule has 0 amide bonds. The second-order valence-corrected chi connectivity index (χ2v) is 10.0. The molecule has 0 bridgehead atoms. The number of thioether (sulfide) groups is 1. The summed E-state index contributed by atoms with van der Waals surface area (Å²) in [7, 11) is 0. The second kappa shape index (κ2) is 10.0. The Bertz CT molecular complexity index is 1020. The fraction of sp³-hybridized carbons (Fsp3) is 0.357. The first-order chi connectivity index (χ1) is 15.8. The van der Waals surface area contributed by atoms with Crippen LogP contribution in [0.4, 0.5) is 0 Å². The number of ether oxygens (including phenoxy) is 1. The fourth-order valence-corrected chi connectivity index (χ4v) is 5.90. The van der Waals surface area contributed by atoms with E-state index in [0.717, 1.165) is 17.1 Å². The van der Waals surface area contributed by atoms with E-state index in [1.807, 2.05) is 23.9 Å². The van der Waals surface area contributed by atoms with Crippen molar-refractivity contribution in [1.82, 2.24) is 4.90 Å². The molecule has 5 rings (SSSR count). The molecule has 2 atom stereocenters. The molecule has 32 heavy (non-hydrogen) atoms. The summed E-state index contributed by atoms with van der Waals surface area (Å²) in [5, 5.41) is 10.2. The molecule has 3 aromatic rings. The number of hydrogen-bond acceptors (Lipinski definition) is 4. The van der Waals surface area contributed by atoms with E-state index in [1.54, 1.807) is 6.07 Å². The molecule has 2 heterocycles. The van der Waals surface area contributed by atoms with Crippen LogP contribution in [0.2, 0.25) is 0 Å². The summed E-state index contributed by atoms with van der Waals surface area (Å²) in [4.78, 5) is 3.92. The maximum Gasteiger partial charge on any atom is 0.123 e. The molecule has 0 radical (unpaired) electrons. The third-order valence-electron chi connectivity index (χ3n) is 6.70. The quantitative estimate of drug-likeness (QED) is 0.343. The van der Waals surface area contributed by atoms with Gasteiger partial charge in [-0.3, -0.25) is 0 Å². The zero-order valence-corrected chi connectivity index (χ0v) is 19.3. The third kappa shape index (κ3) is 4.82. The Labute approximate surface area is 195 Å². The van der Waals surface area contributed by atoms with Crippen LogP contribution in [-0.4, -0.2) is 42.0 Å². The van der Waals surface area contributed by atoms with E-state index in [9.17, 15) is 5.11 Å². The zero-order chi connectivity index (χ0) is 21.8. The van der Waals surface area contributed by atoms with Gasteiger partial charge in [0.25, 0.3) is 0 Å². The topological polar surface area (TPSA) is 32.7 Å². The number of benzene rings is 3. The van der Waals surface area contributed by atoms with Crippen molar-refractivity contribution in [3.63, 3.8) is 0 Å². The first-order valence-corrected chi connectivity index (χ1v) is 12.7. The van der Waals surface area contributed by atoms with Crippen molar-refractivity contribution in [2.24, 2.45) is 0 Å². The summed E-state index contributed by atoms with van der Waals surface area (Å²) in [5.74, 6) is 2.69. The van der Waals surface area contributed by atoms with Crippen molar-refractivity contribution < 1.29 is 9.84 Å². The fourth-order valence-electron chi connectivity index (χ4n) is 5.06. The van der Waals surface area contributed by atoms with Gasteiger partial charge in [0.2, 0.25) is 0 Å². The van der Waals surface area contributed by atoms with Crippen molar-refractivity contribution in [3.05, 3.63) is 89.5 Å². The maximum absolute atomic E-state index is 10.2. The van der Waals surface area contributed by atoms with E-state index >= 15 is 0 Å². The van der Waals surface area contributed by atoms with Crippen LogP contribution in [0.5, 0.6) is 11.5 Å². The van der Waals surface area contributed by atoms with Gasteiger partial charge in [-0.1, -0.05) is 42.5 Å². The van der Waals surface area contributed by atoms with Gasteiger partial charge >= 0.3 is 0 Å². The summed E-state index contributed by atoms with van der Waals surface area (Å²) in [6.45, 7) is 4.43. The van der Waals surface area contributed by atoms with Gasteiger partial charge in [-0.2, -0.15) is 0 Å². The molecule has 1 N–H and O–H groups in total. The number of hydrogen-bond donors (Lipinski definition) is 1. The Morgan fingerprint density at radius 1 is 0.906 bits per heavy atom. The zero-order valence-electron chi connectivity index (χ0n) is 18.5. The molecule has 1 fully saturated rings.